The third-order valence-corrected chi connectivity index (χ3v) is 7.78. The van der Waals surface area contributed by atoms with E-state index < -0.39 is 11.7 Å². The van der Waals surface area contributed by atoms with E-state index in [1.807, 2.05) is 54.6 Å². The van der Waals surface area contributed by atoms with Crippen LogP contribution >= 0.6 is 0 Å². The van der Waals surface area contributed by atoms with Crippen molar-refractivity contribution in [3.05, 3.63) is 125 Å². The first kappa shape index (κ1) is 33.8. The van der Waals surface area contributed by atoms with Crippen LogP contribution in [0, 0.1) is 0 Å². The van der Waals surface area contributed by atoms with E-state index >= 15 is 0 Å². The van der Waals surface area contributed by atoms with Gasteiger partial charge in [0.1, 0.15) is 5.48 Å². The van der Waals surface area contributed by atoms with Gasteiger partial charge in [-0.05, 0) is 60.7 Å². The molecule has 0 saturated heterocycles. The van der Waals surface area contributed by atoms with Gasteiger partial charge in [0, 0.05) is 30.8 Å². The molecule has 0 radical (unpaired) electrons. The maximum Gasteiger partial charge on any atom is 0.416 e. The van der Waals surface area contributed by atoms with Crippen LogP contribution in [0.4, 0.5) is 13.2 Å². The highest BCUT2D eigenvalue weighted by molar-refractivity contribution is 5.94. The number of imidazole rings is 1. The molecule has 2 aliphatic carbocycles. The topological polar surface area (TPSA) is 91.4 Å². The number of allylic oxidation sites excluding steroid dienone is 8. The predicted octanol–water partition coefficient (Wildman–Crippen LogP) is 4.98. The van der Waals surface area contributed by atoms with E-state index in [1.54, 1.807) is 12.1 Å². The van der Waals surface area contributed by atoms with Crippen LogP contribution in [0.25, 0.3) is 22.4 Å². The van der Waals surface area contributed by atoms with E-state index in [1.165, 1.54) is 12.2 Å². The van der Waals surface area contributed by atoms with Crippen molar-refractivity contribution < 1.29 is 27.4 Å². The number of nitrogens with one attached hydrogen (secondary N) is 1. The molecular formula is C37H39F3N4O3. The second-order valence-electron chi connectivity index (χ2n) is 11.1. The van der Waals surface area contributed by atoms with Crippen molar-refractivity contribution in [2.75, 3.05) is 39.5 Å². The zero-order valence-corrected chi connectivity index (χ0v) is 26.1. The van der Waals surface area contributed by atoms with E-state index in [4.69, 9.17) is 20.2 Å². The maximum atomic E-state index is 13.4. The molecule has 1 amide bonds. The van der Waals surface area contributed by atoms with Gasteiger partial charge in [0.25, 0.3) is 5.91 Å². The summed E-state index contributed by atoms with van der Waals surface area (Å²) in [6, 6.07) is 17.1. The Balaban J connectivity index is 1.41. The average molecular weight is 645 g/mol. The summed E-state index contributed by atoms with van der Waals surface area (Å²) in [5.41, 5.74) is 10.2. The van der Waals surface area contributed by atoms with Crippen LogP contribution in [0.3, 0.4) is 0 Å². The van der Waals surface area contributed by atoms with Crippen LogP contribution in [-0.4, -0.2) is 61.2 Å². The molecule has 3 aromatic rings. The lowest BCUT2D eigenvalue weighted by molar-refractivity contribution is -0.0884. The number of carbonyl (C=O) groups is 1. The fourth-order valence-corrected chi connectivity index (χ4v) is 5.38. The summed E-state index contributed by atoms with van der Waals surface area (Å²) >= 11 is 0. The van der Waals surface area contributed by atoms with Crippen molar-refractivity contribution in [1.82, 2.24) is 14.9 Å². The largest absolute Gasteiger partial charge is 0.416 e. The number of halogens is 3. The normalized spacial score (nSPS) is 16.8. The Morgan fingerprint density at radius 1 is 0.894 bits per heavy atom. The average Bonchev–Trinajstić information content (AvgIpc) is 3.47. The third kappa shape index (κ3) is 9.06. The summed E-state index contributed by atoms with van der Waals surface area (Å²) < 4.78 is 53.2. The van der Waals surface area contributed by atoms with E-state index in [0.29, 0.717) is 69.1 Å². The Morgan fingerprint density at radius 3 is 2.32 bits per heavy atom. The van der Waals surface area contributed by atoms with Gasteiger partial charge in [-0.2, -0.15) is 13.2 Å². The molecule has 10 heteroatoms. The molecule has 0 saturated carbocycles. The van der Waals surface area contributed by atoms with Crippen LogP contribution in [0.5, 0.6) is 0 Å². The van der Waals surface area contributed by atoms with Crippen LogP contribution in [0.2, 0.25) is 0 Å². The van der Waals surface area contributed by atoms with Gasteiger partial charge >= 0.3 is 6.18 Å². The summed E-state index contributed by atoms with van der Waals surface area (Å²) in [7, 11) is 0. The minimum absolute atomic E-state index is 0.102. The molecule has 1 heterocycles. The van der Waals surface area contributed by atoms with Crippen LogP contribution < -0.4 is 21.9 Å². The highest BCUT2D eigenvalue weighted by Crippen LogP contribution is 2.30. The second kappa shape index (κ2) is 16.4. The number of ether oxygens (including phenoxy) is 2. The van der Waals surface area contributed by atoms with Crippen molar-refractivity contribution in [2.24, 2.45) is 5.73 Å². The lowest BCUT2D eigenvalue weighted by atomic mass is 10.0. The number of amides is 1. The Morgan fingerprint density at radius 2 is 1.66 bits per heavy atom. The zero-order valence-electron chi connectivity index (χ0n) is 26.1. The van der Waals surface area contributed by atoms with Crippen molar-refractivity contribution in [2.45, 2.75) is 32.0 Å². The first-order valence-corrected chi connectivity index (χ1v) is 15.7. The van der Waals surface area contributed by atoms with Crippen molar-refractivity contribution >= 4 is 17.1 Å². The fourth-order valence-electron chi connectivity index (χ4n) is 5.38. The SMILES string of the molecule is NCCCOCCOCCNC(=O)c1ccc(Cn2c(=C3C=CC(C(F)(F)F)=CC3)nc(-c3ccccc3)c2=C2C=CC=CC2)cc1. The lowest BCUT2D eigenvalue weighted by Gasteiger charge is -2.14. The van der Waals surface area contributed by atoms with Crippen molar-refractivity contribution in [3.63, 3.8) is 0 Å². The number of rotatable bonds is 13. The molecule has 1 aromatic heterocycles. The van der Waals surface area contributed by atoms with Crippen molar-refractivity contribution in [3.8, 4) is 11.3 Å². The maximum absolute atomic E-state index is 13.4. The van der Waals surface area contributed by atoms with Gasteiger partial charge in [-0.15, -0.1) is 0 Å². The molecule has 246 valence electrons. The molecule has 5 rings (SSSR count). The van der Waals surface area contributed by atoms with Gasteiger partial charge in [0.05, 0.1) is 36.4 Å². The second-order valence-corrected chi connectivity index (χ2v) is 11.1. The quantitative estimate of drug-likeness (QED) is 0.257. The zero-order chi connectivity index (χ0) is 33.1. The molecule has 0 fully saturated rings. The molecule has 3 N–H and O–H groups in total. The van der Waals surface area contributed by atoms with Crippen LogP contribution in [0.15, 0.2) is 103 Å². The summed E-state index contributed by atoms with van der Waals surface area (Å²) in [6.07, 6.45) is 9.14. The summed E-state index contributed by atoms with van der Waals surface area (Å²) in [4.78, 5) is 17.8. The monoisotopic (exact) mass is 644 g/mol. The van der Waals surface area contributed by atoms with Crippen molar-refractivity contribution in [1.29, 1.82) is 0 Å². The third-order valence-electron chi connectivity index (χ3n) is 7.78. The number of aromatic nitrogens is 2. The minimum Gasteiger partial charge on any atom is -0.379 e. The molecule has 0 unspecified atom stereocenters. The molecule has 0 spiro atoms. The molecule has 0 aliphatic heterocycles. The smallest absolute Gasteiger partial charge is 0.379 e. The number of nitrogens with two attached hydrogens (primary N) is 1. The Kier molecular flexibility index (Phi) is 11.8. The summed E-state index contributed by atoms with van der Waals surface area (Å²) in [5, 5.41) is 3.78. The number of benzene rings is 2. The number of alkyl halides is 3. The number of hydrogen-bond acceptors (Lipinski definition) is 5. The van der Waals surface area contributed by atoms with Gasteiger partial charge in [-0.1, -0.05) is 78.9 Å². The van der Waals surface area contributed by atoms with E-state index in [9.17, 15) is 18.0 Å². The number of hydrogen-bond donors (Lipinski definition) is 2. The highest BCUT2D eigenvalue weighted by atomic mass is 19.4. The molecule has 2 aliphatic rings. The molecular weight excluding hydrogens is 605 g/mol. The van der Waals surface area contributed by atoms with Crippen LogP contribution in [0.1, 0.15) is 35.2 Å². The Hall–Kier alpha value is -4.51. The minimum atomic E-state index is -4.41. The van der Waals surface area contributed by atoms with E-state index in [0.717, 1.165) is 40.2 Å². The standard InChI is InChI=1S/C37H39F3N4O3/c38-37(39,40)32-18-16-30(17-19-32)35-43-33(28-8-3-1-4-9-28)34(29-10-5-2-6-11-29)44(35)26-27-12-14-31(15-13-27)36(45)42-21-23-47-25-24-46-22-7-20-41/h1-6,8-10,12-16,18-19H,7,11,17,20-26,41H2,(H,42,45). The van der Waals surface area contributed by atoms with Gasteiger partial charge in [-0.3, -0.25) is 4.79 Å². The molecule has 0 atom stereocenters. The molecule has 7 nitrogen and oxygen atoms in total. The highest BCUT2D eigenvalue weighted by Gasteiger charge is 2.32. The van der Waals surface area contributed by atoms with Gasteiger partial charge in [0.2, 0.25) is 0 Å². The Labute approximate surface area is 272 Å². The summed E-state index contributed by atoms with van der Waals surface area (Å²) in [5.74, 6) is -0.209. The van der Waals surface area contributed by atoms with Gasteiger partial charge in [0.15, 0.2) is 0 Å². The molecule has 0 bridgehead atoms. The van der Waals surface area contributed by atoms with E-state index in [2.05, 4.69) is 22.0 Å². The van der Waals surface area contributed by atoms with Gasteiger partial charge in [-0.25, -0.2) is 4.98 Å². The number of carbonyl (C=O) groups excluding carboxylic acids is 1. The van der Waals surface area contributed by atoms with Crippen LogP contribution in [-0.2, 0) is 16.0 Å². The first-order chi connectivity index (χ1) is 22.8. The van der Waals surface area contributed by atoms with Gasteiger partial charge < -0.3 is 25.1 Å². The molecule has 2 aromatic carbocycles. The molecule has 47 heavy (non-hydrogen) atoms. The lowest BCUT2D eigenvalue weighted by Crippen LogP contribution is -2.32. The fraction of sp³-hybridized carbons (Fsp3) is 0.297. The number of nitrogens with zero attached hydrogens (tertiary/aromatic N) is 2. The predicted molar refractivity (Wildman–Crippen MR) is 178 cm³/mol. The summed E-state index contributed by atoms with van der Waals surface area (Å²) in [6.45, 7) is 3.26. The van der Waals surface area contributed by atoms with E-state index in [-0.39, 0.29) is 12.3 Å². The Bertz CT molecular complexity index is 1770. The first-order valence-electron chi connectivity index (χ1n) is 15.7.